The van der Waals surface area contributed by atoms with E-state index in [1.54, 1.807) is 0 Å². The lowest BCUT2D eigenvalue weighted by molar-refractivity contribution is -0.134. The molecule has 0 bridgehead atoms. The van der Waals surface area contributed by atoms with Gasteiger partial charge in [0.25, 0.3) is 5.91 Å². The van der Waals surface area contributed by atoms with Crippen LogP contribution in [0.3, 0.4) is 0 Å². The highest BCUT2D eigenvalue weighted by Crippen LogP contribution is 2.39. The molecule has 5 nitrogen and oxygen atoms in total. The van der Waals surface area contributed by atoms with Gasteiger partial charge in [-0.25, -0.2) is 0 Å². The van der Waals surface area contributed by atoms with E-state index >= 15 is 0 Å². The van der Waals surface area contributed by atoms with Gasteiger partial charge in [-0.3, -0.25) is 9.59 Å². The lowest BCUT2D eigenvalue weighted by Crippen LogP contribution is -2.51. The van der Waals surface area contributed by atoms with Crippen LogP contribution in [0.5, 0.6) is 5.75 Å². The Bertz CT molecular complexity index is 663. The van der Waals surface area contributed by atoms with Crippen LogP contribution < -0.4 is 4.74 Å². The fourth-order valence-corrected chi connectivity index (χ4v) is 3.46. The zero-order valence-corrected chi connectivity index (χ0v) is 14.8. The van der Waals surface area contributed by atoms with E-state index in [2.05, 4.69) is 6.92 Å². The molecule has 1 saturated heterocycles. The minimum atomic E-state index is 0.0123. The molecule has 0 N–H and O–H groups in total. The van der Waals surface area contributed by atoms with Gasteiger partial charge in [0.1, 0.15) is 5.75 Å². The Morgan fingerprint density at radius 1 is 1.08 bits per heavy atom. The molecule has 2 amide bonds. The molecule has 3 aliphatic rings. The van der Waals surface area contributed by atoms with E-state index < -0.39 is 0 Å². The Kier molecular flexibility index (Phi) is 4.40. The molecule has 1 aliphatic heterocycles. The summed E-state index contributed by atoms with van der Waals surface area (Å²) in [7, 11) is 0. The number of nitrogens with zero attached hydrogens (tertiary/aromatic N) is 2. The van der Waals surface area contributed by atoms with E-state index in [0.717, 1.165) is 6.42 Å². The second-order valence-electron chi connectivity index (χ2n) is 7.69. The molecule has 2 aliphatic carbocycles. The maximum atomic E-state index is 12.9. The second-order valence-corrected chi connectivity index (χ2v) is 7.69. The molecular weight excluding hydrogens is 316 g/mol. The molecule has 134 valence electrons. The van der Waals surface area contributed by atoms with Crippen LogP contribution in [0.1, 0.15) is 36.5 Å². The molecule has 2 saturated carbocycles. The van der Waals surface area contributed by atoms with Crippen molar-refractivity contribution in [1.29, 1.82) is 0 Å². The number of para-hydroxylation sites is 1. The van der Waals surface area contributed by atoms with Crippen LogP contribution in [0.4, 0.5) is 0 Å². The summed E-state index contributed by atoms with van der Waals surface area (Å²) >= 11 is 0. The minimum Gasteiger partial charge on any atom is -0.492 e. The van der Waals surface area contributed by atoms with Gasteiger partial charge in [-0.15, -0.1) is 0 Å². The maximum Gasteiger partial charge on any atom is 0.257 e. The Hall–Kier alpha value is -2.04. The summed E-state index contributed by atoms with van der Waals surface area (Å²) < 4.78 is 5.87. The number of carbonyl (C=O) groups is 2. The molecule has 1 heterocycles. The monoisotopic (exact) mass is 342 g/mol. The number of hydrogen-bond acceptors (Lipinski definition) is 3. The molecule has 0 unspecified atom stereocenters. The van der Waals surface area contributed by atoms with E-state index in [4.69, 9.17) is 4.74 Å². The van der Waals surface area contributed by atoms with E-state index in [1.807, 2.05) is 34.1 Å². The van der Waals surface area contributed by atoms with Crippen LogP contribution in [-0.2, 0) is 4.79 Å². The molecule has 2 atom stereocenters. The summed E-state index contributed by atoms with van der Waals surface area (Å²) in [6, 6.07) is 7.51. The molecule has 3 fully saturated rings. The summed E-state index contributed by atoms with van der Waals surface area (Å²) in [5.41, 5.74) is 0.638. The zero-order chi connectivity index (χ0) is 17.4. The van der Waals surface area contributed by atoms with Crippen LogP contribution in [0.15, 0.2) is 24.3 Å². The van der Waals surface area contributed by atoms with Crippen LogP contribution in [0, 0.1) is 17.8 Å². The first kappa shape index (κ1) is 16.4. The fourth-order valence-electron chi connectivity index (χ4n) is 3.46. The number of ether oxygens (including phenoxy) is 1. The summed E-state index contributed by atoms with van der Waals surface area (Å²) in [5.74, 6) is 2.37. The first-order valence-corrected chi connectivity index (χ1v) is 9.43. The highest BCUT2D eigenvalue weighted by Gasteiger charge is 2.42. The van der Waals surface area contributed by atoms with Crippen molar-refractivity contribution in [2.24, 2.45) is 17.8 Å². The Labute approximate surface area is 148 Å². The van der Waals surface area contributed by atoms with Crippen LogP contribution in [0.25, 0.3) is 0 Å². The molecular formula is C20H26N2O3. The first-order valence-electron chi connectivity index (χ1n) is 9.43. The fraction of sp³-hybridized carbons (Fsp3) is 0.600. The third-order valence-corrected chi connectivity index (χ3v) is 5.59. The van der Waals surface area contributed by atoms with Crippen molar-refractivity contribution in [1.82, 2.24) is 9.80 Å². The van der Waals surface area contributed by atoms with Crippen LogP contribution in [0.2, 0.25) is 0 Å². The van der Waals surface area contributed by atoms with Crippen molar-refractivity contribution in [3.8, 4) is 5.75 Å². The highest BCUT2D eigenvalue weighted by atomic mass is 16.5. The number of hydrogen-bond donors (Lipinski definition) is 0. The molecule has 5 heteroatoms. The van der Waals surface area contributed by atoms with Gasteiger partial charge in [-0.1, -0.05) is 19.1 Å². The highest BCUT2D eigenvalue weighted by molar-refractivity contribution is 5.97. The average molecular weight is 342 g/mol. The van der Waals surface area contributed by atoms with E-state index in [1.165, 1.54) is 12.8 Å². The Morgan fingerprint density at radius 2 is 1.72 bits per heavy atom. The lowest BCUT2D eigenvalue weighted by atomic mass is 10.1. The van der Waals surface area contributed by atoms with Gasteiger partial charge in [0.15, 0.2) is 0 Å². The third kappa shape index (κ3) is 3.65. The molecule has 0 aromatic heterocycles. The smallest absolute Gasteiger partial charge is 0.257 e. The van der Waals surface area contributed by atoms with E-state index in [0.29, 0.717) is 55.9 Å². The molecule has 4 rings (SSSR count). The first-order chi connectivity index (χ1) is 12.1. The van der Waals surface area contributed by atoms with Gasteiger partial charge in [0.2, 0.25) is 5.91 Å². The van der Waals surface area contributed by atoms with Crippen LogP contribution in [-0.4, -0.2) is 54.4 Å². The van der Waals surface area contributed by atoms with Crippen molar-refractivity contribution in [3.05, 3.63) is 29.8 Å². The zero-order valence-electron chi connectivity index (χ0n) is 14.8. The quantitative estimate of drug-likeness (QED) is 0.826. The Morgan fingerprint density at radius 3 is 2.36 bits per heavy atom. The van der Waals surface area contributed by atoms with Gasteiger partial charge in [0, 0.05) is 32.1 Å². The predicted molar refractivity (Wildman–Crippen MR) is 94.4 cm³/mol. The summed E-state index contributed by atoms with van der Waals surface area (Å²) in [4.78, 5) is 29.0. The second kappa shape index (κ2) is 6.70. The van der Waals surface area contributed by atoms with Gasteiger partial charge in [-0.2, -0.15) is 0 Å². The molecule has 0 radical (unpaired) electrons. The largest absolute Gasteiger partial charge is 0.492 e. The van der Waals surface area contributed by atoms with Gasteiger partial charge < -0.3 is 14.5 Å². The lowest BCUT2D eigenvalue weighted by Gasteiger charge is -2.35. The van der Waals surface area contributed by atoms with Gasteiger partial charge in [0.05, 0.1) is 12.2 Å². The topological polar surface area (TPSA) is 49.9 Å². The SMILES string of the molecule is C[C@H]1C[C@@H]1C(=O)N1CCN(C(=O)c2ccccc2OCC2CC2)CC1. The van der Waals surface area contributed by atoms with Crippen molar-refractivity contribution >= 4 is 11.8 Å². The third-order valence-electron chi connectivity index (χ3n) is 5.59. The van der Waals surface area contributed by atoms with Crippen molar-refractivity contribution < 1.29 is 14.3 Å². The van der Waals surface area contributed by atoms with Crippen LogP contribution >= 0.6 is 0 Å². The van der Waals surface area contributed by atoms with Gasteiger partial charge >= 0.3 is 0 Å². The number of carbonyl (C=O) groups excluding carboxylic acids is 2. The molecule has 0 spiro atoms. The van der Waals surface area contributed by atoms with E-state index in [9.17, 15) is 9.59 Å². The predicted octanol–water partition coefficient (Wildman–Crippen LogP) is 2.42. The van der Waals surface area contributed by atoms with Crippen molar-refractivity contribution in [2.75, 3.05) is 32.8 Å². The summed E-state index contributed by atoms with van der Waals surface area (Å²) in [6.07, 6.45) is 3.47. The van der Waals surface area contributed by atoms with Gasteiger partial charge in [-0.05, 0) is 43.2 Å². The number of benzene rings is 1. The van der Waals surface area contributed by atoms with Crippen molar-refractivity contribution in [3.63, 3.8) is 0 Å². The summed E-state index contributed by atoms with van der Waals surface area (Å²) in [5, 5.41) is 0. The van der Waals surface area contributed by atoms with E-state index in [-0.39, 0.29) is 17.7 Å². The molecule has 25 heavy (non-hydrogen) atoms. The van der Waals surface area contributed by atoms with Crippen molar-refractivity contribution in [2.45, 2.75) is 26.2 Å². The number of rotatable bonds is 5. The average Bonchev–Trinajstić information content (AvgIpc) is 3.56. The standard InChI is InChI=1S/C20H26N2O3/c1-14-12-17(14)20(24)22-10-8-21(9-11-22)19(23)16-4-2-3-5-18(16)25-13-15-6-7-15/h2-5,14-15,17H,6-13H2,1H3/t14-,17-/m0/s1. The normalized spacial score (nSPS) is 25.6. The molecule has 1 aromatic carbocycles. The number of amides is 2. The minimum absolute atomic E-state index is 0.0123. The summed E-state index contributed by atoms with van der Waals surface area (Å²) in [6.45, 7) is 5.30. The number of piperazine rings is 1. The molecule has 1 aromatic rings. The Balaban J connectivity index is 1.36. The maximum absolute atomic E-state index is 12.9.